The SMILES string of the molecule is CN(C)C(=O)COc1ccc(NC(=O)C2=COCCO2)cc1. The number of ether oxygens (including phenoxy) is 3. The summed E-state index contributed by atoms with van der Waals surface area (Å²) < 4.78 is 15.6. The lowest BCUT2D eigenvalue weighted by Crippen LogP contribution is -2.27. The number of likely N-dealkylation sites (N-methyl/N-ethyl adjacent to an activating group) is 1. The van der Waals surface area contributed by atoms with Gasteiger partial charge in [0, 0.05) is 19.8 Å². The van der Waals surface area contributed by atoms with E-state index in [4.69, 9.17) is 14.2 Å². The van der Waals surface area contributed by atoms with Crippen molar-refractivity contribution < 1.29 is 23.8 Å². The number of carbonyl (C=O) groups excluding carboxylic acids is 2. The Labute approximate surface area is 128 Å². The van der Waals surface area contributed by atoms with E-state index in [1.54, 1.807) is 38.4 Å². The molecule has 1 aromatic rings. The van der Waals surface area contributed by atoms with Gasteiger partial charge in [-0.2, -0.15) is 0 Å². The number of nitrogens with one attached hydrogen (secondary N) is 1. The number of hydrogen-bond acceptors (Lipinski definition) is 5. The number of anilines is 1. The predicted octanol–water partition coefficient (Wildman–Crippen LogP) is 0.980. The minimum Gasteiger partial charge on any atom is -0.494 e. The smallest absolute Gasteiger partial charge is 0.294 e. The molecule has 0 bridgehead atoms. The molecule has 0 spiro atoms. The van der Waals surface area contributed by atoms with Crippen LogP contribution in [0.3, 0.4) is 0 Å². The maximum absolute atomic E-state index is 11.9. The van der Waals surface area contributed by atoms with Crippen molar-refractivity contribution in [2.75, 3.05) is 39.2 Å². The van der Waals surface area contributed by atoms with Gasteiger partial charge in [-0.05, 0) is 24.3 Å². The second-order valence-electron chi connectivity index (χ2n) is 4.76. The van der Waals surface area contributed by atoms with Crippen molar-refractivity contribution in [1.29, 1.82) is 0 Å². The molecule has 1 aromatic carbocycles. The number of amides is 2. The van der Waals surface area contributed by atoms with Crippen molar-refractivity contribution in [3.05, 3.63) is 36.3 Å². The Morgan fingerprint density at radius 1 is 1.23 bits per heavy atom. The molecule has 7 heteroatoms. The summed E-state index contributed by atoms with van der Waals surface area (Å²) in [5.74, 6) is 0.183. The first-order valence-electron chi connectivity index (χ1n) is 6.75. The summed E-state index contributed by atoms with van der Waals surface area (Å²) in [6.45, 7) is 0.761. The maximum atomic E-state index is 11.9. The van der Waals surface area contributed by atoms with E-state index in [0.717, 1.165) is 0 Å². The van der Waals surface area contributed by atoms with Crippen LogP contribution in [0.5, 0.6) is 5.75 Å². The van der Waals surface area contributed by atoms with Crippen molar-refractivity contribution in [3.8, 4) is 5.75 Å². The fraction of sp³-hybridized carbons (Fsp3) is 0.333. The van der Waals surface area contributed by atoms with Crippen molar-refractivity contribution in [2.24, 2.45) is 0 Å². The lowest BCUT2D eigenvalue weighted by atomic mass is 10.3. The fourth-order valence-corrected chi connectivity index (χ4v) is 1.59. The Kier molecular flexibility index (Phi) is 5.24. The van der Waals surface area contributed by atoms with Gasteiger partial charge in [-0.25, -0.2) is 0 Å². The molecule has 1 N–H and O–H groups in total. The Bertz CT molecular complexity index is 566. The minimum atomic E-state index is -0.379. The number of carbonyl (C=O) groups is 2. The molecule has 1 aliphatic heterocycles. The minimum absolute atomic E-state index is 0.0310. The second-order valence-corrected chi connectivity index (χ2v) is 4.76. The van der Waals surface area contributed by atoms with E-state index in [-0.39, 0.29) is 24.2 Å². The highest BCUT2D eigenvalue weighted by Gasteiger charge is 2.15. The van der Waals surface area contributed by atoms with Crippen LogP contribution in [0.25, 0.3) is 0 Å². The third kappa shape index (κ3) is 4.41. The second kappa shape index (κ2) is 7.35. The lowest BCUT2D eigenvalue weighted by molar-refractivity contribution is -0.130. The molecule has 1 aliphatic rings. The van der Waals surface area contributed by atoms with Gasteiger partial charge >= 0.3 is 0 Å². The van der Waals surface area contributed by atoms with E-state index in [9.17, 15) is 9.59 Å². The summed E-state index contributed by atoms with van der Waals surface area (Å²) in [6.07, 6.45) is 1.29. The van der Waals surface area contributed by atoms with Crippen LogP contribution in [0.2, 0.25) is 0 Å². The summed E-state index contributed by atoms with van der Waals surface area (Å²) in [5.41, 5.74) is 0.589. The number of nitrogens with zero attached hydrogens (tertiary/aromatic N) is 1. The monoisotopic (exact) mass is 306 g/mol. The number of benzene rings is 1. The van der Waals surface area contributed by atoms with Gasteiger partial charge < -0.3 is 24.4 Å². The first kappa shape index (κ1) is 15.7. The third-order valence-corrected chi connectivity index (χ3v) is 2.85. The van der Waals surface area contributed by atoms with Gasteiger partial charge in [0.05, 0.1) is 0 Å². The van der Waals surface area contributed by atoms with Gasteiger partial charge in [0.25, 0.3) is 11.8 Å². The third-order valence-electron chi connectivity index (χ3n) is 2.85. The normalized spacial score (nSPS) is 13.3. The molecule has 0 aromatic heterocycles. The highest BCUT2D eigenvalue weighted by atomic mass is 16.6. The Morgan fingerprint density at radius 2 is 1.95 bits per heavy atom. The van der Waals surface area contributed by atoms with E-state index in [0.29, 0.717) is 24.7 Å². The van der Waals surface area contributed by atoms with Gasteiger partial charge in [0.1, 0.15) is 25.2 Å². The van der Waals surface area contributed by atoms with Crippen LogP contribution >= 0.6 is 0 Å². The molecule has 7 nitrogen and oxygen atoms in total. The highest BCUT2D eigenvalue weighted by Crippen LogP contribution is 2.17. The molecular weight excluding hydrogens is 288 g/mol. The van der Waals surface area contributed by atoms with Crippen LogP contribution < -0.4 is 10.1 Å². The number of rotatable bonds is 5. The number of hydrogen-bond donors (Lipinski definition) is 1. The zero-order valence-corrected chi connectivity index (χ0v) is 12.5. The first-order chi connectivity index (χ1) is 10.6. The zero-order valence-electron chi connectivity index (χ0n) is 12.5. The molecule has 22 heavy (non-hydrogen) atoms. The van der Waals surface area contributed by atoms with Gasteiger partial charge in [-0.15, -0.1) is 0 Å². The van der Waals surface area contributed by atoms with Gasteiger partial charge in [0.2, 0.25) is 5.76 Å². The zero-order chi connectivity index (χ0) is 15.9. The highest BCUT2D eigenvalue weighted by molar-refractivity contribution is 6.02. The van der Waals surface area contributed by atoms with Crippen LogP contribution in [0.4, 0.5) is 5.69 Å². The van der Waals surface area contributed by atoms with E-state index in [1.165, 1.54) is 11.2 Å². The molecule has 0 radical (unpaired) electrons. The molecule has 0 saturated heterocycles. The summed E-state index contributed by atoms with van der Waals surface area (Å²) in [5, 5.41) is 2.68. The summed E-state index contributed by atoms with van der Waals surface area (Å²) in [6, 6.07) is 6.70. The summed E-state index contributed by atoms with van der Waals surface area (Å²) in [4.78, 5) is 24.7. The molecule has 0 fully saturated rings. The van der Waals surface area contributed by atoms with E-state index < -0.39 is 0 Å². The van der Waals surface area contributed by atoms with E-state index >= 15 is 0 Å². The van der Waals surface area contributed by atoms with Crippen LogP contribution in [0.15, 0.2) is 36.3 Å². The largest absolute Gasteiger partial charge is 0.494 e. The van der Waals surface area contributed by atoms with Crippen molar-refractivity contribution in [3.63, 3.8) is 0 Å². The first-order valence-corrected chi connectivity index (χ1v) is 6.75. The van der Waals surface area contributed by atoms with E-state index in [1.807, 2.05) is 0 Å². The fourth-order valence-electron chi connectivity index (χ4n) is 1.59. The Hall–Kier alpha value is -2.70. The molecular formula is C15H18N2O5. The molecule has 118 valence electrons. The maximum Gasteiger partial charge on any atom is 0.294 e. The molecule has 2 amide bonds. The Morgan fingerprint density at radius 3 is 2.55 bits per heavy atom. The molecule has 0 unspecified atom stereocenters. The van der Waals surface area contributed by atoms with Crippen molar-refractivity contribution in [1.82, 2.24) is 4.90 Å². The van der Waals surface area contributed by atoms with Crippen LogP contribution in [0.1, 0.15) is 0 Å². The van der Waals surface area contributed by atoms with Gasteiger partial charge in [0.15, 0.2) is 6.61 Å². The summed E-state index contributed by atoms with van der Waals surface area (Å²) >= 11 is 0. The average molecular weight is 306 g/mol. The molecule has 1 heterocycles. The quantitative estimate of drug-likeness (QED) is 0.877. The molecule has 2 rings (SSSR count). The van der Waals surface area contributed by atoms with Crippen LogP contribution in [-0.4, -0.2) is 50.6 Å². The molecule has 0 aliphatic carbocycles. The van der Waals surface area contributed by atoms with Gasteiger partial charge in [-0.3, -0.25) is 9.59 Å². The van der Waals surface area contributed by atoms with Crippen LogP contribution in [0, 0.1) is 0 Å². The standard InChI is InChI=1S/C15H18N2O5/c1-17(2)14(18)10-22-12-5-3-11(4-6-12)16-15(19)13-9-20-7-8-21-13/h3-6,9H,7-8,10H2,1-2H3,(H,16,19). The lowest BCUT2D eigenvalue weighted by Gasteiger charge is -2.15. The Balaban J connectivity index is 1.87. The average Bonchev–Trinajstić information content (AvgIpc) is 2.54. The van der Waals surface area contributed by atoms with Crippen molar-refractivity contribution >= 4 is 17.5 Å². The predicted molar refractivity (Wildman–Crippen MR) is 79.2 cm³/mol. The summed E-state index contributed by atoms with van der Waals surface area (Å²) in [7, 11) is 3.33. The molecule has 0 atom stereocenters. The van der Waals surface area contributed by atoms with Crippen molar-refractivity contribution in [2.45, 2.75) is 0 Å². The molecule has 0 saturated carbocycles. The van der Waals surface area contributed by atoms with Gasteiger partial charge in [-0.1, -0.05) is 0 Å². The topological polar surface area (TPSA) is 77.1 Å². The van der Waals surface area contributed by atoms with Crippen LogP contribution in [-0.2, 0) is 19.1 Å². The van der Waals surface area contributed by atoms with E-state index in [2.05, 4.69) is 5.32 Å².